The molecule has 5 heteroatoms. The molecule has 3 rings (SSSR count). The van der Waals surface area contributed by atoms with Gasteiger partial charge in [0.1, 0.15) is 5.75 Å². The summed E-state index contributed by atoms with van der Waals surface area (Å²) in [5.74, 6) is 0.807. The Kier molecular flexibility index (Phi) is 6.67. The lowest BCUT2D eigenvalue weighted by atomic mass is 9.78. The van der Waals surface area contributed by atoms with Crippen molar-refractivity contribution in [1.29, 1.82) is 0 Å². The van der Waals surface area contributed by atoms with Crippen LogP contribution < -0.4 is 10.1 Å². The molecule has 0 heterocycles. The summed E-state index contributed by atoms with van der Waals surface area (Å²) in [6.45, 7) is 2.84. The van der Waals surface area contributed by atoms with E-state index in [1.807, 2.05) is 30.3 Å². The lowest BCUT2D eigenvalue weighted by Gasteiger charge is -2.29. The van der Waals surface area contributed by atoms with E-state index in [9.17, 15) is 4.79 Å². The van der Waals surface area contributed by atoms with Crippen LogP contribution in [0.5, 0.6) is 5.75 Å². The number of ether oxygens (including phenoxy) is 1. The first-order valence-corrected chi connectivity index (χ1v) is 10.3. The maximum absolute atomic E-state index is 13.2. The lowest BCUT2D eigenvalue weighted by Crippen LogP contribution is -2.38. The molecule has 0 bridgehead atoms. The normalized spacial score (nSPS) is 15.5. The van der Waals surface area contributed by atoms with Crippen LogP contribution in [0.1, 0.15) is 51.0 Å². The van der Waals surface area contributed by atoms with Crippen molar-refractivity contribution in [3.63, 3.8) is 0 Å². The van der Waals surface area contributed by atoms with E-state index in [2.05, 4.69) is 12.2 Å². The third-order valence-corrected chi connectivity index (χ3v) is 5.77. The highest BCUT2D eigenvalue weighted by Gasteiger charge is 2.44. The van der Waals surface area contributed by atoms with E-state index in [-0.39, 0.29) is 5.91 Å². The number of unbranched alkanes of at least 4 members (excludes halogenated alkanes) is 1. The number of nitrogens with one attached hydrogen (secondary N) is 1. The minimum Gasteiger partial charge on any atom is -0.494 e. The van der Waals surface area contributed by atoms with Crippen molar-refractivity contribution < 1.29 is 9.53 Å². The van der Waals surface area contributed by atoms with Crippen LogP contribution in [0.4, 0.5) is 5.69 Å². The predicted molar refractivity (Wildman–Crippen MR) is 112 cm³/mol. The molecule has 3 nitrogen and oxygen atoms in total. The van der Waals surface area contributed by atoms with Gasteiger partial charge in [0.15, 0.2) is 0 Å². The highest BCUT2D eigenvalue weighted by molar-refractivity contribution is 6.35. The van der Waals surface area contributed by atoms with Gasteiger partial charge in [-0.25, -0.2) is 0 Å². The summed E-state index contributed by atoms with van der Waals surface area (Å²) in [7, 11) is 0. The van der Waals surface area contributed by atoms with E-state index in [0.29, 0.717) is 16.7 Å². The van der Waals surface area contributed by atoms with E-state index in [1.165, 1.54) is 0 Å². The number of amides is 1. The van der Waals surface area contributed by atoms with Gasteiger partial charge in [-0.05, 0) is 61.2 Å². The minimum absolute atomic E-state index is 0.0103. The SMILES string of the molecule is CCCCOc1ccc(NC(=O)C2(c3ccc(Cl)cc3Cl)CCCC2)cc1. The van der Waals surface area contributed by atoms with Gasteiger partial charge >= 0.3 is 0 Å². The average Bonchev–Trinajstić information content (AvgIpc) is 3.14. The maximum Gasteiger partial charge on any atom is 0.235 e. The van der Waals surface area contributed by atoms with Crippen LogP contribution in [0, 0.1) is 0 Å². The van der Waals surface area contributed by atoms with E-state index in [0.717, 1.165) is 55.5 Å². The molecule has 144 valence electrons. The van der Waals surface area contributed by atoms with E-state index in [4.69, 9.17) is 27.9 Å². The Morgan fingerprint density at radius 3 is 2.44 bits per heavy atom. The van der Waals surface area contributed by atoms with Crippen LogP contribution >= 0.6 is 23.2 Å². The largest absolute Gasteiger partial charge is 0.494 e. The molecule has 1 amide bonds. The molecule has 2 aromatic rings. The summed E-state index contributed by atoms with van der Waals surface area (Å²) in [4.78, 5) is 13.2. The Hall–Kier alpha value is -1.71. The first-order chi connectivity index (χ1) is 13.0. The van der Waals surface area contributed by atoms with Gasteiger partial charge in [-0.15, -0.1) is 0 Å². The maximum atomic E-state index is 13.2. The number of halogens is 2. The van der Waals surface area contributed by atoms with Crippen LogP contribution in [0.25, 0.3) is 0 Å². The number of hydrogen-bond acceptors (Lipinski definition) is 2. The summed E-state index contributed by atoms with van der Waals surface area (Å²) >= 11 is 12.5. The van der Waals surface area contributed by atoms with E-state index < -0.39 is 5.41 Å². The molecule has 0 radical (unpaired) electrons. The molecular weight excluding hydrogens is 381 g/mol. The molecule has 0 aromatic heterocycles. The monoisotopic (exact) mass is 405 g/mol. The number of hydrogen-bond donors (Lipinski definition) is 1. The number of carbonyl (C=O) groups excluding carboxylic acids is 1. The Morgan fingerprint density at radius 2 is 1.81 bits per heavy atom. The average molecular weight is 406 g/mol. The summed E-state index contributed by atoms with van der Waals surface area (Å²) in [5.41, 5.74) is 1.03. The fraction of sp³-hybridized carbons (Fsp3) is 0.409. The molecule has 0 spiro atoms. The molecule has 0 aliphatic heterocycles. The highest BCUT2D eigenvalue weighted by atomic mass is 35.5. The van der Waals surface area contributed by atoms with Gasteiger partial charge < -0.3 is 10.1 Å². The van der Waals surface area contributed by atoms with Gasteiger partial charge in [0.05, 0.1) is 12.0 Å². The second-order valence-electron chi connectivity index (χ2n) is 7.09. The van der Waals surface area contributed by atoms with Crippen molar-refractivity contribution in [2.75, 3.05) is 11.9 Å². The Morgan fingerprint density at radius 1 is 1.11 bits per heavy atom. The second-order valence-corrected chi connectivity index (χ2v) is 7.94. The van der Waals surface area contributed by atoms with Gasteiger partial charge in [-0.1, -0.05) is 55.5 Å². The molecule has 1 saturated carbocycles. The fourth-order valence-corrected chi connectivity index (χ4v) is 4.28. The topological polar surface area (TPSA) is 38.3 Å². The summed E-state index contributed by atoms with van der Waals surface area (Å²) in [6.07, 6.45) is 5.73. The predicted octanol–water partition coefficient (Wildman–Crippen LogP) is 6.62. The number of benzene rings is 2. The summed E-state index contributed by atoms with van der Waals surface area (Å²) < 4.78 is 5.68. The van der Waals surface area contributed by atoms with Crippen LogP contribution in [0.3, 0.4) is 0 Å². The van der Waals surface area contributed by atoms with Crippen molar-refractivity contribution in [2.24, 2.45) is 0 Å². The number of anilines is 1. The van der Waals surface area contributed by atoms with Gasteiger partial charge in [-0.2, -0.15) is 0 Å². The third kappa shape index (κ3) is 4.59. The first kappa shape index (κ1) is 20.0. The quantitative estimate of drug-likeness (QED) is 0.525. The van der Waals surface area contributed by atoms with Crippen LogP contribution in [0.2, 0.25) is 10.0 Å². The highest BCUT2D eigenvalue weighted by Crippen LogP contribution is 2.45. The van der Waals surface area contributed by atoms with E-state index >= 15 is 0 Å². The zero-order valence-corrected chi connectivity index (χ0v) is 17.1. The third-order valence-electron chi connectivity index (χ3n) is 5.22. The summed E-state index contributed by atoms with van der Waals surface area (Å²) in [6, 6.07) is 13.0. The lowest BCUT2D eigenvalue weighted by molar-refractivity contribution is -0.121. The standard InChI is InChI=1S/C22H25Cl2NO2/c1-2-3-14-27-18-9-7-17(8-10-18)25-21(26)22(12-4-5-13-22)19-11-6-16(23)15-20(19)24/h6-11,15H,2-5,12-14H2,1H3,(H,25,26). The molecule has 0 atom stereocenters. The van der Waals surface area contributed by atoms with Crippen molar-refractivity contribution in [2.45, 2.75) is 50.9 Å². The number of rotatable bonds is 7. The van der Waals surface area contributed by atoms with Crippen LogP contribution in [0.15, 0.2) is 42.5 Å². The molecule has 1 fully saturated rings. The zero-order valence-electron chi connectivity index (χ0n) is 15.6. The van der Waals surface area contributed by atoms with Crippen molar-refractivity contribution >= 4 is 34.8 Å². The minimum atomic E-state index is -0.599. The summed E-state index contributed by atoms with van der Waals surface area (Å²) in [5, 5.41) is 4.21. The van der Waals surface area contributed by atoms with Crippen molar-refractivity contribution in [1.82, 2.24) is 0 Å². The molecular formula is C22H25Cl2NO2. The zero-order chi connectivity index (χ0) is 19.3. The van der Waals surface area contributed by atoms with Gasteiger partial charge in [0.2, 0.25) is 5.91 Å². The fourth-order valence-electron chi connectivity index (χ4n) is 3.69. The first-order valence-electron chi connectivity index (χ1n) is 9.55. The molecule has 1 aliphatic rings. The second kappa shape index (κ2) is 8.99. The molecule has 2 aromatic carbocycles. The number of carbonyl (C=O) groups is 1. The van der Waals surface area contributed by atoms with Crippen molar-refractivity contribution in [3.05, 3.63) is 58.1 Å². The smallest absolute Gasteiger partial charge is 0.235 e. The van der Waals surface area contributed by atoms with Gasteiger partial charge in [-0.3, -0.25) is 4.79 Å². The van der Waals surface area contributed by atoms with Gasteiger partial charge in [0.25, 0.3) is 0 Å². The van der Waals surface area contributed by atoms with Crippen LogP contribution in [-0.2, 0) is 10.2 Å². The molecule has 1 N–H and O–H groups in total. The molecule has 0 unspecified atom stereocenters. The molecule has 1 aliphatic carbocycles. The Balaban J connectivity index is 1.76. The Labute approximate surface area is 171 Å². The molecule has 0 saturated heterocycles. The Bertz CT molecular complexity index is 783. The van der Waals surface area contributed by atoms with Crippen LogP contribution in [-0.4, -0.2) is 12.5 Å². The van der Waals surface area contributed by atoms with E-state index in [1.54, 1.807) is 12.1 Å². The molecule has 27 heavy (non-hydrogen) atoms. The van der Waals surface area contributed by atoms with Gasteiger partial charge in [0, 0.05) is 15.7 Å². The van der Waals surface area contributed by atoms with Crippen molar-refractivity contribution in [3.8, 4) is 5.75 Å².